The van der Waals surface area contributed by atoms with Crippen LogP contribution < -0.4 is 5.32 Å². The monoisotopic (exact) mass is 420 g/mol. The minimum absolute atomic E-state index is 0.00656. The van der Waals surface area contributed by atoms with Gasteiger partial charge in [-0.05, 0) is 43.5 Å². The molecule has 0 spiro atoms. The number of aromatic nitrogens is 3. The van der Waals surface area contributed by atoms with E-state index in [1.807, 2.05) is 30.3 Å². The number of furan rings is 1. The molecule has 154 valence electrons. The Hall–Kier alpha value is -3.06. The number of carbonyl (C=O) groups is 1. The molecule has 0 bridgehead atoms. The third-order valence-corrected chi connectivity index (χ3v) is 6.17. The van der Waals surface area contributed by atoms with Crippen LogP contribution in [-0.4, -0.2) is 32.7 Å². The number of fused-ring (bicyclic) bond motifs is 1. The number of hydrogen-bond acceptors (Lipinski definition) is 5. The van der Waals surface area contributed by atoms with Gasteiger partial charge in [-0.25, -0.2) is 9.97 Å². The summed E-state index contributed by atoms with van der Waals surface area (Å²) in [6.45, 7) is 5.39. The van der Waals surface area contributed by atoms with E-state index < -0.39 is 0 Å². The van der Waals surface area contributed by atoms with Crippen LogP contribution in [0.1, 0.15) is 22.6 Å². The Morgan fingerprint density at radius 3 is 2.73 bits per heavy atom. The number of thioether (sulfide) groups is 1. The van der Waals surface area contributed by atoms with Gasteiger partial charge in [0.1, 0.15) is 22.8 Å². The van der Waals surface area contributed by atoms with Gasteiger partial charge in [0.25, 0.3) is 0 Å². The molecule has 0 saturated carbocycles. The van der Waals surface area contributed by atoms with E-state index >= 15 is 0 Å². The van der Waals surface area contributed by atoms with Crippen LogP contribution >= 0.6 is 11.8 Å². The molecule has 0 radical (unpaired) electrons. The Morgan fingerprint density at radius 2 is 1.97 bits per heavy atom. The van der Waals surface area contributed by atoms with Crippen molar-refractivity contribution >= 4 is 28.7 Å². The first-order valence-corrected chi connectivity index (χ1v) is 10.9. The molecule has 0 aliphatic carbocycles. The summed E-state index contributed by atoms with van der Waals surface area (Å²) in [5, 5.41) is 4.82. The van der Waals surface area contributed by atoms with E-state index in [1.165, 1.54) is 17.3 Å². The lowest BCUT2D eigenvalue weighted by Crippen LogP contribution is -2.27. The molecule has 0 atom stereocenters. The van der Waals surface area contributed by atoms with Crippen LogP contribution in [0.15, 0.2) is 64.5 Å². The molecule has 3 heterocycles. The van der Waals surface area contributed by atoms with Gasteiger partial charge in [-0.15, -0.1) is 0 Å². The van der Waals surface area contributed by atoms with Crippen LogP contribution in [0, 0.1) is 13.8 Å². The molecule has 0 aliphatic rings. The van der Waals surface area contributed by atoms with Crippen LogP contribution in [0.4, 0.5) is 0 Å². The number of amides is 1. The first-order chi connectivity index (χ1) is 14.6. The molecule has 3 aromatic heterocycles. The van der Waals surface area contributed by atoms with Gasteiger partial charge < -0.3 is 14.3 Å². The Bertz CT molecular complexity index is 1140. The van der Waals surface area contributed by atoms with E-state index in [0.29, 0.717) is 18.8 Å². The average molecular weight is 421 g/mol. The molecule has 30 heavy (non-hydrogen) atoms. The van der Waals surface area contributed by atoms with E-state index in [1.54, 1.807) is 12.6 Å². The molecule has 0 fully saturated rings. The zero-order valence-electron chi connectivity index (χ0n) is 17.1. The SMILES string of the molecule is Cc1c(C)n(Cc2ccco2)c2ncnc(SCC(=O)NCCc3ccccc3)c12. The molecule has 6 nitrogen and oxygen atoms in total. The van der Waals surface area contributed by atoms with Gasteiger partial charge in [-0.2, -0.15) is 0 Å². The molecule has 0 saturated heterocycles. The minimum Gasteiger partial charge on any atom is -0.467 e. The second-order valence-electron chi connectivity index (χ2n) is 7.13. The van der Waals surface area contributed by atoms with Gasteiger partial charge in [0.05, 0.1) is 23.9 Å². The van der Waals surface area contributed by atoms with E-state index in [-0.39, 0.29) is 5.91 Å². The zero-order valence-corrected chi connectivity index (χ0v) is 17.9. The topological polar surface area (TPSA) is 73.0 Å². The second kappa shape index (κ2) is 9.17. The van der Waals surface area contributed by atoms with E-state index in [2.05, 4.69) is 45.8 Å². The minimum atomic E-state index is 0.00656. The number of aryl methyl sites for hydroxylation is 1. The summed E-state index contributed by atoms with van der Waals surface area (Å²) in [7, 11) is 0. The van der Waals surface area contributed by atoms with Crippen molar-refractivity contribution in [3.05, 3.63) is 77.6 Å². The van der Waals surface area contributed by atoms with Crippen molar-refractivity contribution in [2.24, 2.45) is 0 Å². The summed E-state index contributed by atoms with van der Waals surface area (Å²) in [6.07, 6.45) is 4.06. The summed E-state index contributed by atoms with van der Waals surface area (Å²) in [4.78, 5) is 21.3. The summed E-state index contributed by atoms with van der Waals surface area (Å²) in [5.41, 5.74) is 4.33. The van der Waals surface area contributed by atoms with Crippen molar-refractivity contribution in [1.29, 1.82) is 0 Å². The van der Waals surface area contributed by atoms with Crippen molar-refractivity contribution in [3.8, 4) is 0 Å². The quantitative estimate of drug-likeness (QED) is 0.343. The molecule has 0 aliphatic heterocycles. The molecule has 1 N–H and O–H groups in total. The lowest BCUT2D eigenvalue weighted by molar-refractivity contribution is -0.118. The maximum absolute atomic E-state index is 12.3. The largest absolute Gasteiger partial charge is 0.467 e. The van der Waals surface area contributed by atoms with Crippen LogP contribution in [0.25, 0.3) is 11.0 Å². The molecule has 4 rings (SSSR count). The molecular formula is C23H24N4O2S. The standard InChI is InChI=1S/C23H24N4O2S/c1-16-17(2)27(13-19-9-6-12-29-19)22-21(16)23(26-15-25-22)30-14-20(28)24-11-10-18-7-4-3-5-8-18/h3-9,12,15H,10-11,13-14H2,1-2H3,(H,24,28). The van der Waals surface area contributed by atoms with Crippen LogP contribution in [0.2, 0.25) is 0 Å². The summed E-state index contributed by atoms with van der Waals surface area (Å²) >= 11 is 1.45. The first kappa shape index (κ1) is 20.2. The molecule has 1 amide bonds. The second-order valence-corrected chi connectivity index (χ2v) is 8.09. The van der Waals surface area contributed by atoms with E-state index in [9.17, 15) is 4.79 Å². The number of hydrogen-bond donors (Lipinski definition) is 1. The van der Waals surface area contributed by atoms with Gasteiger partial charge in [0.15, 0.2) is 0 Å². The van der Waals surface area contributed by atoms with Crippen molar-refractivity contribution < 1.29 is 9.21 Å². The fourth-order valence-electron chi connectivity index (χ4n) is 3.47. The lowest BCUT2D eigenvalue weighted by Gasteiger charge is -2.07. The number of nitrogens with one attached hydrogen (secondary N) is 1. The van der Waals surface area contributed by atoms with Crippen molar-refractivity contribution in [2.75, 3.05) is 12.3 Å². The first-order valence-electron chi connectivity index (χ1n) is 9.89. The van der Waals surface area contributed by atoms with Gasteiger partial charge in [-0.3, -0.25) is 4.79 Å². The van der Waals surface area contributed by atoms with Gasteiger partial charge >= 0.3 is 0 Å². The number of nitrogens with zero attached hydrogens (tertiary/aromatic N) is 3. The van der Waals surface area contributed by atoms with Crippen molar-refractivity contribution in [2.45, 2.75) is 31.8 Å². The Balaban J connectivity index is 1.43. The molecule has 7 heteroatoms. The zero-order chi connectivity index (χ0) is 20.9. The van der Waals surface area contributed by atoms with Crippen LogP contribution in [-0.2, 0) is 17.8 Å². The third-order valence-electron chi connectivity index (χ3n) is 5.18. The normalized spacial score (nSPS) is 11.1. The maximum Gasteiger partial charge on any atom is 0.230 e. The molecule has 1 aromatic carbocycles. The van der Waals surface area contributed by atoms with Crippen molar-refractivity contribution in [1.82, 2.24) is 19.9 Å². The maximum atomic E-state index is 12.3. The highest BCUT2D eigenvalue weighted by Gasteiger charge is 2.18. The number of carbonyl (C=O) groups excluding carboxylic acids is 1. The molecule has 4 aromatic rings. The smallest absolute Gasteiger partial charge is 0.230 e. The highest BCUT2D eigenvalue weighted by Crippen LogP contribution is 2.31. The lowest BCUT2D eigenvalue weighted by atomic mass is 10.1. The van der Waals surface area contributed by atoms with Crippen LogP contribution in [0.5, 0.6) is 0 Å². The number of benzene rings is 1. The average Bonchev–Trinajstić information content (AvgIpc) is 3.36. The summed E-state index contributed by atoms with van der Waals surface area (Å²) in [6, 6.07) is 14.0. The number of rotatable bonds is 8. The van der Waals surface area contributed by atoms with Gasteiger partial charge in [-0.1, -0.05) is 42.1 Å². The van der Waals surface area contributed by atoms with Crippen LogP contribution in [0.3, 0.4) is 0 Å². The fourth-order valence-corrected chi connectivity index (χ4v) is 4.35. The van der Waals surface area contributed by atoms with Gasteiger partial charge in [0, 0.05) is 12.2 Å². The predicted octanol–water partition coefficient (Wildman–Crippen LogP) is 4.14. The third kappa shape index (κ3) is 4.41. The fraction of sp³-hybridized carbons (Fsp3) is 0.261. The van der Waals surface area contributed by atoms with E-state index in [4.69, 9.17) is 4.42 Å². The molecular weight excluding hydrogens is 396 g/mol. The predicted molar refractivity (Wildman–Crippen MR) is 119 cm³/mol. The Morgan fingerprint density at radius 1 is 1.13 bits per heavy atom. The summed E-state index contributed by atoms with van der Waals surface area (Å²) in [5.74, 6) is 1.20. The van der Waals surface area contributed by atoms with Crippen molar-refractivity contribution in [3.63, 3.8) is 0 Å². The molecule has 0 unspecified atom stereocenters. The highest BCUT2D eigenvalue weighted by molar-refractivity contribution is 8.00. The Labute approximate surface area is 179 Å². The highest BCUT2D eigenvalue weighted by atomic mass is 32.2. The summed E-state index contributed by atoms with van der Waals surface area (Å²) < 4.78 is 7.64. The van der Waals surface area contributed by atoms with E-state index in [0.717, 1.165) is 39.5 Å². The Kier molecular flexibility index (Phi) is 6.18. The van der Waals surface area contributed by atoms with Gasteiger partial charge in [0.2, 0.25) is 5.91 Å².